The molecule has 3 aromatic carbocycles. The van der Waals surface area contributed by atoms with Gasteiger partial charge < -0.3 is 10.6 Å². The Kier molecular flexibility index (Phi) is 7.01. The van der Waals surface area contributed by atoms with Gasteiger partial charge in [0.25, 0.3) is 5.56 Å². The van der Waals surface area contributed by atoms with Crippen LogP contribution >= 0.6 is 0 Å². The van der Waals surface area contributed by atoms with Gasteiger partial charge in [0.1, 0.15) is 11.7 Å². The number of hydrogen-bond donors (Lipinski definition) is 2. The molecule has 0 saturated heterocycles. The van der Waals surface area contributed by atoms with E-state index in [1.54, 1.807) is 12.1 Å². The Morgan fingerprint density at radius 2 is 1.58 bits per heavy atom. The van der Waals surface area contributed by atoms with Crippen molar-refractivity contribution in [3.8, 4) is 11.3 Å². The van der Waals surface area contributed by atoms with Crippen LogP contribution in [0.1, 0.15) is 43.0 Å². The standard InChI is InChI=1S/C29H30N4O3/c1-6-25(28(35)32-22-13-11-17(2)15-19(22)4)33-26-10-8-7-9-24(26)31-27(29(33)36)21-16-18(3)12-14-23(21)30-20(5)34/h7-16,25H,6H2,1-5H3,(H,30,34)(H,32,35). The molecular formula is C29H30N4O3. The van der Waals surface area contributed by atoms with Gasteiger partial charge in [-0.2, -0.15) is 0 Å². The fraction of sp³-hybridized carbons (Fsp3) is 0.241. The average Bonchev–Trinajstić information content (AvgIpc) is 2.83. The molecule has 0 spiro atoms. The largest absolute Gasteiger partial charge is 0.326 e. The van der Waals surface area contributed by atoms with E-state index in [9.17, 15) is 14.4 Å². The lowest BCUT2D eigenvalue weighted by atomic mass is 10.0. The fourth-order valence-corrected chi connectivity index (χ4v) is 4.45. The highest BCUT2D eigenvalue weighted by Crippen LogP contribution is 2.29. The van der Waals surface area contributed by atoms with Gasteiger partial charge in [-0.3, -0.25) is 19.0 Å². The van der Waals surface area contributed by atoms with Crippen molar-refractivity contribution in [1.29, 1.82) is 0 Å². The van der Waals surface area contributed by atoms with Gasteiger partial charge >= 0.3 is 0 Å². The molecule has 1 aromatic heterocycles. The van der Waals surface area contributed by atoms with Gasteiger partial charge in [-0.05, 0) is 63.1 Å². The van der Waals surface area contributed by atoms with Crippen LogP contribution in [0.3, 0.4) is 0 Å². The minimum atomic E-state index is -0.765. The van der Waals surface area contributed by atoms with Gasteiger partial charge in [-0.15, -0.1) is 0 Å². The molecule has 4 rings (SSSR count). The Morgan fingerprint density at radius 3 is 2.25 bits per heavy atom. The SMILES string of the molecule is CCC(C(=O)Nc1ccc(C)cc1C)n1c(=O)c(-c2cc(C)ccc2NC(C)=O)nc2ccccc21. The van der Waals surface area contributed by atoms with Crippen molar-refractivity contribution in [1.82, 2.24) is 9.55 Å². The molecule has 1 atom stereocenters. The smallest absolute Gasteiger partial charge is 0.278 e. The lowest BCUT2D eigenvalue weighted by Gasteiger charge is -2.22. The first-order chi connectivity index (χ1) is 17.2. The summed E-state index contributed by atoms with van der Waals surface area (Å²) in [4.78, 5) is 44.1. The molecule has 0 saturated carbocycles. The zero-order valence-corrected chi connectivity index (χ0v) is 21.2. The maximum absolute atomic E-state index is 14.0. The summed E-state index contributed by atoms with van der Waals surface area (Å²) in [5.41, 5.74) is 5.63. The Morgan fingerprint density at radius 1 is 0.917 bits per heavy atom. The van der Waals surface area contributed by atoms with Crippen molar-refractivity contribution in [3.05, 3.63) is 87.7 Å². The normalized spacial score (nSPS) is 11.8. The van der Waals surface area contributed by atoms with E-state index in [0.29, 0.717) is 34.4 Å². The van der Waals surface area contributed by atoms with Crippen LogP contribution in [0.25, 0.3) is 22.3 Å². The number of carbonyl (C=O) groups excluding carboxylic acids is 2. The summed E-state index contributed by atoms with van der Waals surface area (Å²) in [5, 5.41) is 5.81. The van der Waals surface area contributed by atoms with Crippen LogP contribution in [0.15, 0.2) is 65.5 Å². The van der Waals surface area contributed by atoms with Crippen molar-refractivity contribution in [3.63, 3.8) is 0 Å². The first-order valence-electron chi connectivity index (χ1n) is 12.0. The zero-order valence-electron chi connectivity index (χ0n) is 21.2. The molecule has 0 fully saturated rings. The lowest BCUT2D eigenvalue weighted by molar-refractivity contribution is -0.119. The highest BCUT2D eigenvalue weighted by atomic mass is 16.2. The van der Waals surface area contributed by atoms with E-state index in [1.165, 1.54) is 11.5 Å². The molecule has 184 valence electrons. The van der Waals surface area contributed by atoms with Crippen molar-refractivity contribution in [2.75, 3.05) is 10.6 Å². The van der Waals surface area contributed by atoms with E-state index >= 15 is 0 Å². The number of anilines is 2. The predicted octanol–water partition coefficient (Wildman–Crippen LogP) is 5.54. The van der Waals surface area contributed by atoms with Crippen molar-refractivity contribution >= 4 is 34.2 Å². The van der Waals surface area contributed by atoms with Crippen molar-refractivity contribution in [2.24, 2.45) is 0 Å². The lowest BCUT2D eigenvalue weighted by Crippen LogP contribution is -2.35. The Balaban J connectivity index is 1.91. The third-order valence-electron chi connectivity index (χ3n) is 6.18. The van der Waals surface area contributed by atoms with Gasteiger partial charge in [-0.25, -0.2) is 4.98 Å². The average molecular weight is 483 g/mol. The molecule has 2 amide bonds. The summed E-state index contributed by atoms with van der Waals surface area (Å²) in [6, 6.07) is 17.8. The number of fused-ring (bicyclic) bond motifs is 1. The highest BCUT2D eigenvalue weighted by molar-refractivity contribution is 5.96. The molecule has 2 N–H and O–H groups in total. The quantitative estimate of drug-likeness (QED) is 0.378. The van der Waals surface area contributed by atoms with Crippen LogP contribution < -0.4 is 16.2 Å². The van der Waals surface area contributed by atoms with Gasteiger partial charge in [0, 0.05) is 18.2 Å². The first kappa shape index (κ1) is 24.9. The van der Waals surface area contributed by atoms with Crippen LogP contribution in [-0.4, -0.2) is 21.4 Å². The summed E-state index contributed by atoms with van der Waals surface area (Å²) in [5.74, 6) is -0.527. The second kappa shape index (κ2) is 10.2. The van der Waals surface area contributed by atoms with Crippen molar-refractivity contribution < 1.29 is 9.59 Å². The molecule has 7 nitrogen and oxygen atoms in total. The number of aromatic nitrogens is 2. The van der Waals surface area contributed by atoms with E-state index in [-0.39, 0.29) is 17.5 Å². The molecule has 0 radical (unpaired) electrons. The molecular weight excluding hydrogens is 452 g/mol. The summed E-state index contributed by atoms with van der Waals surface area (Å²) in [6.45, 7) is 9.14. The van der Waals surface area contributed by atoms with E-state index in [2.05, 4.69) is 15.6 Å². The van der Waals surface area contributed by atoms with E-state index < -0.39 is 11.6 Å². The number of aryl methyl sites for hydroxylation is 3. The number of carbonyl (C=O) groups is 2. The highest BCUT2D eigenvalue weighted by Gasteiger charge is 2.25. The van der Waals surface area contributed by atoms with Crippen LogP contribution in [-0.2, 0) is 9.59 Å². The van der Waals surface area contributed by atoms with Crippen molar-refractivity contribution in [2.45, 2.75) is 47.1 Å². The van der Waals surface area contributed by atoms with Gasteiger partial charge in [0.2, 0.25) is 11.8 Å². The first-order valence-corrected chi connectivity index (χ1v) is 12.0. The topological polar surface area (TPSA) is 93.1 Å². The molecule has 36 heavy (non-hydrogen) atoms. The zero-order chi connectivity index (χ0) is 26.0. The number of rotatable bonds is 6. The Labute approximate surface area is 210 Å². The minimum absolute atomic E-state index is 0.180. The maximum atomic E-state index is 14.0. The number of nitrogens with zero attached hydrogens (tertiary/aromatic N) is 2. The van der Waals surface area contributed by atoms with Crippen LogP contribution in [0.5, 0.6) is 0 Å². The van der Waals surface area contributed by atoms with E-state index in [4.69, 9.17) is 0 Å². The summed E-state index contributed by atoms with van der Waals surface area (Å²) >= 11 is 0. The van der Waals surface area contributed by atoms with Crippen LogP contribution in [0.2, 0.25) is 0 Å². The molecule has 0 bridgehead atoms. The molecule has 0 aliphatic heterocycles. The molecule has 1 unspecified atom stereocenters. The molecule has 7 heteroatoms. The number of para-hydroxylation sites is 2. The molecule has 4 aromatic rings. The monoisotopic (exact) mass is 482 g/mol. The third kappa shape index (κ3) is 4.91. The Hall–Kier alpha value is -4.26. The van der Waals surface area contributed by atoms with Gasteiger partial charge in [0.05, 0.1) is 16.7 Å². The molecule has 0 aliphatic carbocycles. The minimum Gasteiger partial charge on any atom is -0.326 e. The number of benzene rings is 3. The predicted molar refractivity (Wildman–Crippen MR) is 144 cm³/mol. The second-order valence-corrected chi connectivity index (χ2v) is 9.09. The number of nitrogens with one attached hydrogen (secondary N) is 2. The van der Waals surface area contributed by atoms with Crippen LogP contribution in [0, 0.1) is 20.8 Å². The summed E-state index contributed by atoms with van der Waals surface area (Å²) < 4.78 is 1.52. The summed E-state index contributed by atoms with van der Waals surface area (Å²) in [7, 11) is 0. The van der Waals surface area contributed by atoms with Crippen LogP contribution in [0.4, 0.5) is 11.4 Å². The second-order valence-electron chi connectivity index (χ2n) is 9.09. The maximum Gasteiger partial charge on any atom is 0.278 e. The molecule has 0 aliphatic rings. The van der Waals surface area contributed by atoms with E-state index in [0.717, 1.165) is 16.7 Å². The number of hydrogen-bond acceptors (Lipinski definition) is 4. The Bertz CT molecular complexity index is 1540. The third-order valence-corrected chi connectivity index (χ3v) is 6.18. The number of amides is 2. The van der Waals surface area contributed by atoms with Gasteiger partial charge in [0.15, 0.2) is 0 Å². The van der Waals surface area contributed by atoms with E-state index in [1.807, 2.05) is 76.2 Å². The fourth-order valence-electron chi connectivity index (χ4n) is 4.45. The summed E-state index contributed by atoms with van der Waals surface area (Å²) in [6.07, 6.45) is 0.399. The molecule has 1 heterocycles. The van der Waals surface area contributed by atoms with Gasteiger partial charge in [-0.1, -0.05) is 48.4 Å².